The Morgan fingerprint density at radius 1 is 1.73 bits per heavy atom. The number of carboxylic acid groups (broad SMARTS) is 1. The molecule has 0 aromatic carbocycles. The predicted octanol–water partition coefficient (Wildman–Crippen LogP) is -0.0240. The van der Waals surface area contributed by atoms with Crippen LogP contribution in [0.2, 0.25) is 0 Å². The first-order valence-corrected chi connectivity index (χ1v) is 4.53. The number of aliphatic carboxylic acids is 1. The number of nitrogens with one attached hydrogen (secondary N) is 1. The van der Waals surface area contributed by atoms with Gasteiger partial charge in [0.25, 0.3) is 0 Å². The fourth-order valence-electron chi connectivity index (χ4n) is 1.12. The summed E-state index contributed by atoms with van der Waals surface area (Å²) in [7, 11) is 1.77. The van der Waals surface area contributed by atoms with Gasteiger partial charge in [-0.3, -0.25) is 4.68 Å². The Kier molecular flexibility index (Phi) is 2.99. The zero-order valence-corrected chi connectivity index (χ0v) is 8.98. The highest BCUT2D eigenvalue weighted by molar-refractivity contribution is 5.77. The van der Waals surface area contributed by atoms with Gasteiger partial charge < -0.3 is 15.5 Å². The smallest absolute Gasteiger partial charge is 0.337 e. The van der Waals surface area contributed by atoms with Crippen molar-refractivity contribution in [2.24, 2.45) is 7.05 Å². The Morgan fingerprint density at radius 2 is 2.33 bits per heavy atom. The summed E-state index contributed by atoms with van der Waals surface area (Å²) in [5.74, 6) is -1.25. The Balaban J connectivity index is 2.65. The standard InChI is InChI=1S/C9H15N3O3/c1-6-7(4-12(3)11-6)10-5-9(2,15)8(13)14/h4,10,15H,5H2,1-3H3,(H,13,14). The largest absolute Gasteiger partial charge is 0.479 e. The summed E-state index contributed by atoms with van der Waals surface area (Å²) in [5.41, 5.74) is -0.292. The molecule has 0 spiro atoms. The molecule has 3 N–H and O–H groups in total. The number of hydrogen-bond donors (Lipinski definition) is 3. The van der Waals surface area contributed by atoms with Gasteiger partial charge in [0.2, 0.25) is 0 Å². The van der Waals surface area contributed by atoms with Gasteiger partial charge in [0.1, 0.15) is 0 Å². The summed E-state index contributed by atoms with van der Waals surface area (Å²) in [6, 6.07) is 0. The molecule has 15 heavy (non-hydrogen) atoms. The first-order valence-electron chi connectivity index (χ1n) is 4.53. The van der Waals surface area contributed by atoms with Crippen molar-refractivity contribution in [1.82, 2.24) is 9.78 Å². The fraction of sp³-hybridized carbons (Fsp3) is 0.556. The van der Waals surface area contributed by atoms with Crippen LogP contribution in [-0.4, -0.2) is 38.1 Å². The summed E-state index contributed by atoms with van der Waals surface area (Å²) >= 11 is 0. The van der Waals surface area contributed by atoms with Gasteiger partial charge in [0.05, 0.1) is 17.9 Å². The quantitative estimate of drug-likeness (QED) is 0.654. The Hall–Kier alpha value is -1.56. The zero-order valence-electron chi connectivity index (χ0n) is 8.98. The van der Waals surface area contributed by atoms with Crippen LogP contribution in [0.15, 0.2) is 6.20 Å². The first kappa shape index (κ1) is 11.5. The molecule has 6 heteroatoms. The molecule has 6 nitrogen and oxygen atoms in total. The van der Waals surface area contributed by atoms with Crippen LogP contribution in [0.4, 0.5) is 5.69 Å². The maximum Gasteiger partial charge on any atom is 0.337 e. The molecular formula is C9H15N3O3. The average Bonchev–Trinajstić information content (AvgIpc) is 2.41. The van der Waals surface area contributed by atoms with Crippen LogP contribution >= 0.6 is 0 Å². The molecule has 0 fully saturated rings. The third-order valence-electron chi connectivity index (χ3n) is 2.10. The minimum Gasteiger partial charge on any atom is -0.479 e. The van der Waals surface area contributed by atoms with Gasteiger partial charge in [0.15, 0.2) is 5.60 Å². The van der Waals surface area contributed by atoms with E-state index in [0.29, 0.717) is 0 Å². The highest BCUT2D eigenvalue weighted by Crippen LogP contribution is 2.13. The lowest BCUT2D eigenvalue weighted by atomic mass is 10.1. The molecule has 1 aromatic rings. The lowest BCUT2D eigenvalue weighted by Gasteiger charge is -2.18. The lowest BCUT2D eigenvalue weighted by Crippen LogP contribution is -2.41. The van der Waals surface area contributed by atoms with Crippen molar-refractivity contribution in [2.75, 3.05) is 11.9 Å². The van der Waals surface area contributed by atoms with Gasteiger partial charge >= 0.3 is 5.97 Å². The van der Waals surface area contributed by atoms with Crippen LogP contribution in [0.25, 0.3) is 0 Å². The van der Waals surface area contributed by atoms with E-state index in [-0.39, 0.29) is 6.54 Å². The minimum absolute atomic E-state index is 0.0606. The summed E-state index contributed by atoms with van der Waals surface area (Å²) in [5, 5.41) is 25.1. The number of nitrogens with zero attached hydrogens (tertiary/aromatic N) is 2. The van der Waals surface area contributed by atoms with Crippen molar-refractivity contribution in [3.63, 3.8) is 0 Å². The van der Waals surface area contributed by atoms with Crippen molar-refractivity contribution in [1.29, 1.82) is 0 Å². The van der Waals surface area contributed by atoms with Gasteiger partial charge in [0, 0.05) is 13.2 Å². The van der Waals surface area contributed by atoms with Crippen LogP contribution < -0.4 is 5.32 Å². The number of rotatable bonds is 4. The Labute approximate surface area is 87.5 Å². The highest BCUT2D eigenvalue weighted by atomic mass is 16.4. The van der Waals surface area contributed by atoms with Crippen molar-refractivity contribution in [2.45, 2.75) is 19.4 Å². The van der Waals surface area contributed by atoms with Gasteiger partial charge in [-0.1, -0.05) is 0 Å². The molecule has 0 aliphatic heterocycles. The SMILES string of the molecule is Cc1nn(C)cc1NCC(C)(O)C(=O)O. The van der Waals surface area contributed by atoms with E-state index in [1.54, 1.807) is 24.9 Å². The molecular weight excluding hydrogens is 198 g/mol. The maximum atomic E-state index is 10.6. The molecule has 1 unspecified atom stereocenters. The third kappa shape index (κ3) is 2.69. The average molecular weight is 213 g/mol. The number of hydrogen-bond acceptors (Lipinski definition) is 4. The second-order valence-electron chi connectivity index (χ2n) is 3.73. The second-order valence-corrected chi connectivity index (χ2v) is 3.73. The minimum atomic E-state index is -1.78. The van der Waals surface area contributed by atoms with E-state index >= 15 is 0 Å². The maximum absolute atomic E-state index is 10.6. The molecule has 84 valence electrons. The van der Waals surface area contributed by atoms with Crippen molar-refractivity contribution in [3.8, 4) is 0 Å². The Morgan fingerprint density at radius 3 is 2.73 bits per heavy atom. The number of carboxylic acids is 1. The predicted molar refractivity (Wildman–Crippen MR) is 54.7 cm³/mol. The van der Waals surface area contributed by atoms with Crippen LogP contribution in [0.1, 0.15) is 12.6 Å². The van der Waals surface area contributed by atoms with E-state index in [9.17, 15) is 9.90 Å². The normalized spacial score (nSPS) is 14.7. The number of carbonyl (C=O) groups is 1. The van der Waals surface area contributed by atoms with E-state index in [2.05, 4.69) is 10.4 Å². The number of aryl methyl sites for hydroxylation is 2. The number of aliphatic hydroxyl groups is 1. The molecule has 0 bridgehead atoms. The molecule has 0 saturated heterocycles. The van der Waals surface area contributed by atoms with Gasteiger partial charge in [-0.2, -0.15) is 5.10 Å². The summed E-state index contributed by atoms with van der Waals surface area (Å²) in [6.07, 6.45) is 1.73. The molecule has 0 amide bonds. The van der Waals surface area contributed by atoms with E-state index in [1.807, 2.05) is 0 Å². The van der Waals surface area contributed by atoms with Crippen LogP contribution in [0.5, 0.6) is 0 Å². The van der Waals surface area contributed by atoms with Gasteiger partial charge in [-0.05, 0) is 13.8 Å². The second kappa shape index (κ2) is 3.90. The molecule has 1 atom stereocenters. The van der Waals surface area contributed by atoms with Crippen molar-refractivity contribution < 1.29 is 15.0 Å². The van der Waals surface area contributed by atoms with E-state index in [1.165, 1.54) is 6.92 Å². The number of aromatic nitrogens is 2. The van der Waals surface area contributed by atoms with Crippen LogP contribution in [0, 0.1) is 6.92 Å². The molecule has 1 rings (SSSR count). The lowest BCUT2D eigenvalue weighted by molar-refractivity contribution is -0.155. The van der Waals surface area contributed by atoms with Crippen LogP contribution in [-0.2, 0) is 11.8 Å². The number of anilines is 1. The molecule has 1 heterocycles. The van der Waals surface area contributed by atoms with Gasteiger partial charge in [-0.25, -0.2) is 4.79 Å². The molecule has 0 radical (unpaired) electrons. The van der Waals surface area contributed by atoms with Gasteiger partial charge in [-0.15, -0.1) is 0 Å². The summed E-state index contributed by atoms with van der Waals surface area (Å²) < 4.78 is 1.62. The molecule has 0 aliphatic rings. The van der Waals surface area contributed by atoms with E-state index in [4.69, 9.17) is 5.11 Å². The van der Waals surface area contributed by atoms with Crippen molar-refractivity contribution in [3.05, 3.63) is 11.9 Å². The van der Waals surface area contributed by atoms with E-state index in [0.717, 1.165) is 11.4 Å². The third-order valence-corrected chi connectivity index (χ3v) is 2.10. The molecule has 0 aliphatic carbocycles. The highest BCUT2D eigenvalue weighted by Gasteiger charge is 2.29. The summed E-state index contributed by atoms with van der Waals surface area (Å²) in [4.78, 5) is 10.6. The zero-order chi connectivity index (χ0) is 11.6. The monoisotopic (exact) mass is 213 g/mol. The molecule has 1 aromatic heterocycles. The van der Waals surface area contributed by atoms with Crippen LogP contribution in [0.3, 0.4) is 0 Å². The van der Waals surface area contributed by atoms with E-state index < -0.39 is 11.6 Å². The first-order chi connectivity index (χ1) is 6.83. The summed E-state index contributed by atoms with van der Waals surface area (Å²) in [6.45, 7) is 2.99. The fourth-order valence-corrected chi connectivity index (χ4v) is 1.12. The molecule has 0 saturated carbocycles. The topological polar surface area (TPSA) is 87.4 Å². The Bertz CT molecular complexity index is 371. The van der Waals surface area contributed by atoms with Crippen molar-refractivity contribution >= 4 is 11.7 Å².